The van der Waals surface area contributed by atoms with Crippen LogP contribution in [0.5, 0.6) is 0 Å². The Labute approximate surface area is 119 Å². The Hall–Kier alpha value is -1.40. The second-order valence-corrected chi connectivity index (χ2v) is 5.47. The minimum atomic E-state index is -0.787. The van der Waals surface area contributed by atoms with E-state index < -0.39 is 5.97 Å². The van der Waals surface area contributed by atoms with Crippen molar-refractivity contribution in [2.45, 2.75) is 32.9 Å². The molecule has 6 heteroatoms. The Morgan fingerprint density at radius 1 is 1.60 bits per heavy atom. The molecule has 1 fully saturated rings. The Morgan fingerprint density at radius 3 is 3.15 bits per heavy atom. The summed E-state index contributed by atoms with van der Waals surface area (Å²) in [5, 5.41) is 15.9. The molecule has 1 aromatic rings. The molecule has 1 aliphatic heterocycles. The molecule has 1 aromatic heterocycles. The lowest BCUT2D eigenvalue weighted by Crippen LogP contribution is -2.40. The van der Waals surface area contributed by atoms with Crippen molar-refractivity contribution in [2.24, 2.45) is 5.92 Å². The summed E-state index contributed by atoms with van der Waals surface area (Å²) in [7, 11) is 0. The Kier molecular flexibility index (Phi) is 5.55. The van der Waals surface area contributed by atoms with Gasteiger partial charge in [0.1, 0.15) is 0 Å². The van der Waals surface area contributed by atoms with Crippen molar-refractivity contribution in [3.05, 3.63) is 18.0 Å². The Bertz CT molecular complexity index is 433. The van der Waals surface area contributed by atoms with E-state index in [1.54, 1.807) is 0 Å². The van der Waals surface area contributed by atoms with Crippen molar-refractivity contribution >= 4 is 5.97 Å². The van der Waals surface area contributed by atoms with Gasteiger partial charge in [0.2, 0.25) is 0 Å². The number of carboxylic acids is 1. The molecular weight excluding hydrogens is 256 g/mol. The number of carbonyl (C=O) groups is 1. The van der Waals surface area contributed by atoms with Gasteiger partial charge in [-0.3, -0.25) is 14.4 Å². The van der Waals surface area contributed by atoms with Crippen molar-refractivity contribution in [2.75, 3.05) is 26.2 Å². The molecule has 0 aliphatic carbocycles. The normalized spacial score (nSPS) is 20.1. The molecule has 1 saturated heterocycles. The average Bonchev–Trinajstić information content (AvgIpc) is 2.86. The summed E-state index contributed by atoms with van der Waals surface area (Å²) in [5.41, 5.74) is 1.26. The van der Waals surface area contributed by atoms with Crippen molar-refractivity contribution in [1.82, 2.24) is 20.0 Å². The first-order valence-corrected chi connectivity index (χ1v) is 7.33. The summed E-state index contributed by atoms with van der Waals surface area (Å²) in [6.45, 7) is 6.92. The van der Waals surface area contributed by atoms with E-state index in [2.05, 4.69) is 28.4 Å². The number of aromatic nitrogens is 2. The van der Waals surface area contributed by atoms with E-state index in [-0.39, 0.29) is 6.54 Å². The largest absolute Gasteiger partial charge is 0.480 e. The third-order valence-corrected chi connectivity index (χ3v) is 3.73. The molecule has 2 heterocycles. The van der Waals surface area contributed by atoms with Gasteiger partial charge in [0.05, 0.1) is 12.7 Å². The van der Waals surface area contributed by atoms with Crippen LogP contribution in [0.2, 0.25) is 0 Å². The maximum Gasteiger partial charge on any atom is 0.317 e. The van der Waals surface area contributed by atoms with Gasteiger partial charge < -0.3 is 10.4 Å². The third kappa shape index (κ3) is 4.61. The fraction of sp³-hybridized carbons (Fsp3) is 0.714. The van der Waals surface area contributed by atoms with Crippen molar-refractivity contribution in [1.29, 1.82) is 0 Å². The zero-order chi connectivity index (χ0) is 14.4. The number of carboxylic acid groups (broad SMARTS) is 1. The lowest BCUT2D eigenvalue weighted by atomic mass is 9.97. The van der Waals surface area contributed by atoms with Gasteiger partial charge in [-0.15, -0.1) is 0 Å². The van der Waals surface area contributed by atoms with Gasteiger partial charge in [0.25, 0.3) is 0 Å². The lowest BCUT2D eigenvalue weighted by molar-refractivity contribution is -0.136. The van der Waals surface area contributed by atoms with Gasteiger partial charge in [0, 0.05) is 31.4 Å². The quantitative estimate of drug-likeness (QED) is 0.773. The summed E-state index contributed by atoms with van der Waals surface area (Å²) in [5.74, 6) is -0.242. The molecular formula is C14H24N4O2. The standard InChI is InChI=1S/C14H24N4O2/c1-2-18-11-13(7-16-18)10-17-5-3-4-12(9-17)6-15-8-14(19)20/h7,11-12,15H,2-6,8-10H2,1H3,(H,19,20). The van der Waals surface area contributed by atoms with E-state index in [4.69, 9.17) is 5.11 Å². The highest BCUT2D eigenvalue weighted by atomic mass is 16.4. The summed E-state index contributed by atoms with van der Waals surface area (Å²) in [6, 6.07) is 0. The van der Waals surface area contributed by atoms with Gasteiger partial charge in [-0.2, -0.15) is 5.10 Å². The molecule has 0 spiro atoms. The highest BCUT2D eigenvalue weighted by Gasteiger charge is 2.20. The minimum Gasteiger partial charge on any atom is -0.480 e. The van der Waals surface area contributed by atoms with Gasteiger partial charge in [-0.05, 0) is 38.8 Å². The van der Waals surface area contributed by atoms with Crippen LogP contribution in [0.3, 0.4) is 0 Å². The van der Waals surface area contributed by atoms with E-state index in [0.29, 0.717) is 5.92 Å². The molecule has 20 heavy (non-hydrogen) atoms. The monoisotopic (exact) mass is 280 g/mol. The molecule has 1 unspecified atom stereocenters. The van der Waals surface area contributed by atoms with Crippen molar-refractivity contribution in [3.63, 3.8) is 0 Å². The molecule has 2 N–H and O–H groups in total. The highest BCUT2D eigenvalue weighted by molar-refractivity contribution is 5.68. The summed E-state index contributed by atoms with van der Waals surface area (Å²) in [6.07, 6.45) is 6.40. The van der Waals surface area contributed by atoms with Crippen LogP contribution in [0.25, 0.3) is 0 Å². The zero-order valence-corrected chi connectivity index (χ0v) is 12.1. The molecule has 0 saturated carbocycles. The fourth-order valence-electron chi connectivity index (χ4n) is 2.76. The molecule has 6 nitrogen and oxygen atoms in total. The number of hydrogen-bond acceptors (Lipinski definition) is 4. The predicted octanol–water partition coefficient (Wildman–Crippen LogP) is 0.789. The first-order valence-electron chi connectivity index (χ1n) is 7.33. The van der Waals surface area contributed by atoms with Crippen LogP contribution >= 0.6 is 0 Å². The molecule has 0 amide bonds. The van der Waals surface area contributed by atoms with E-state index in [1.807, 2.05) is 10.9 Å². The van der Waals surface area contributed by atoms with Crippen LogP contribution in [-0.4, -0.2) is 51.9 Å². The number of nitrogens with zero attached hydrogens (tertiary/aromatic N) is 3. The molecule has 0 bridgehead atoms. The maximum absolute atomic E-state index is 10.5. The Morgan fingerprint density at radius 2 is 2.45 bits per heavy atom. The Balaban J connectivity index is 1.76. The summed E-state index contributed by atoms with van der Waals surface area (Å²) in [4.78, 5) is 12.9. The summed E-state index contributed by atoms with van der Waals surface area (Å²) < 4.78 is 1.95. The zero-order valence-electron chi connectivity index (χ0n) is 12.1. The lowest BCUT2D eigenvalue weighted by Gasteiger charge is -2.32. The number of likely N-dealkylation sites (tertiary alicyclic amines) is 1. The van der Waals surface area contributed by atoms with Crippen molar-refractivity contribution < 1.29 is 9.90 Å². The van der Waals surface area contributed by atoms with Crippen LogP contribution in [-0.2, 0) is 17.9 Å². The molecule has 2 rings (SSSR count). The summed E-state index contributed by atoms with van der Waals surface area (Å²) >= 11 is 0. The SMILES string of the molecule is CCn1cc(CN2CCCC(CNCC(=O)O)C2)cn1. The predicted molar refractivity (Wildman–Crippen MR) is 76.4 cm³/mol. The number of aryl methyl sites for hydroxylation is 1. The molecule has 1 aliphatic rings. The number of hydrogen-bond donors (Lipinski definition) is 2. The second-order valence-electron chi connectivity index (χ2n) is 5.47. The smallest absolute Gasteiger partial charge is 0.317 e. The number of aliphatic carboxylic acids is 1. The van der Waals surface area contributed by atoms with E-state index in [0.717, 1.165) is 32.7 Å². The molecule has 112 valence electrons. The topological polar surface area (TPSA) is 70.4 Å². The van der Waals surface area contributed by atoms with Gasteiger partial charge in [-0.1, -0.05) is 0 Å². The van der Waals surface area contributed by atoms with Gasteiger partial charge in [-0.25, -0.2) is 0 Å². The van der Waals surface area contributed by atoms with Crippen LogP contribution in [0.4, 0.5) is 0 Å². The molecule has 0 aromatic carbocycles. The third-order valence-electron chi connectivity index (χ3n) is 3.73. The van der Waals surface area contributed by atoms with E-state index in [1.165, 1.54) is 18.4 Å². The number of nitrogens with one attached hydrogen (secondary N) is 1. The average molecular weight is 280 g/mol. The van der Waals surface area contributed by atoms with Crippen LogP contribution in [0.15, 0.2) is 12.4 Å². The van der Waals surface area contributed by atoms with Crippen LogP contribution < -0.4 is 5.32 Å². The first kappa shape index (κ1) is 15.0. The first-order chi connectivity index (χ1) is 9.67. The number of rotatable bonds is 7. The van der Waals surface area contributed by atoms with Crippen LogP contribution in [0.1, 0.15) is 25.3 Å². The highest BCUT2D eigenvalue weighted by Crippen LogP contribution is 2.17. The van der Waals surface area contributed by atoms with E-state index >= 15 is 0 Å². The minimum absolute atomic E-state index is 0.0553. The van der Waals surface area contributed by atoms with Gasteiger partial charge >= 0.3 is 5.97 Å². The molecule has 1 atom stereocenters. The van der Waals surface area contributed by atoms with Gasteiger partial charge in [0.15, 0.2) is 0 Å². The van der Waals surface area contributed by atoms with E-state index in [9.17, 15) is 4.79 Å². The van der Waals surface area contributed by atoms with Crippen LogP contribution in [0, 0.1) is 5.92 Å². The second kappa shape index (κ2) is 7.40. The van der Waals surface area contributed by atoms with Crippen molar-refractivity contribution in [3.8, 4) is 0 Å². The fourth-order valence-corrected chi connectivity index (χ4v) is 2.76. The maximum atomic E-state index is 10.5. The number of piperidine rings is 1. The molecule has 0 radical (unpaired) electrons.